The van der Waals surface area contributed by atoms with E-state index in [1.807, 2.05) is 40.6 Å². The van der Waals surface area contributed by atoms with Gasteiger partial charge in [0.15, 0.2) is 11.5 Å². The molecule has 1 aromatic carbocycles. The van der Waals surface area contributed by atoms with Crippen molar-refractivity contribution in [2.75, 3.05) is 31.3 Å². The Balaban J connectivity index is 1.64. The quantitative estimate of drug-likeness (QED) is 0.854. The van der Waals surface area contributed by atoms with Gasteiger partial charge in [-0.3, -0.25) is 4.79 Å². The second-order valence-corrected chi connectivity index (χ2v) is 6.92. The lowest BCUT2D eigenvalue weighted by Crippen LogP contribution is -2.36. The second kappa shape index (κ2) is 6.83. The molecular formula is C18H19NO4S. The molecule has 2 aromatic rings. The molecule has 0 bridgehead atoms. The normalized spacial score (nSPS) is 19.2. The van der Waals surface area contributed by atoms with E-state index in [0.29, 0.717) is 38.7 Å². The van der Waals surface area contributed by atoms with E-state index in [4.69, 9.17) is 14.2 Å². The molecule has 1 atom stereocenters. The smallest absolute Gasteiger partial charge is 0.232 e. The molecule has 4 rings (SSSR count). The molecule has 0 radical (unpaired) electrons. The minimum absolute atomic E-state index is 0.0711. The van der Waals surface area contributed by atoms with E-state index >= 15 is 0 Å². The monoisotopic (exact) mass is 345 g/mol. The Morgan fingerprint density at radius 1 is 1.17 bits per heavy atom. The summed E-state index contributed by atoms with van der Waals surface area (Å²) in [6.45, 7) is 2.82. The molecule has 5 nitrogen and oxygen atoms in total. The molecule has 6 heteroatoms. The highest BCUT2D eigenvalue weighted by Gasteiger charge is 2.30. The molecule has 126 valence electrons. The number of ether oxygens (including phenoxy) is 3. The second-order valence-electron chi connectivity index (χ2n) is 5.89. The maximum absolute atomic E-state index is 13.0. The van der Waals surface area contributed by atoms with Crippen molar-refractivity contribution < 1.29 is 19.0 Å². The van der Waals surface area contributed by atoms with Gasteiger partial charge in [-0.15, -0.1) is 11.3 Å². The number of anilines is 1. The van der Waals surface area contributed by atoms with Crippen molar-refractivity contribution in [1.82, 2.24) is 0 Å². The number of carbonyl (C=O) groups excluding carboxylic acids is 1. The maximum Gasteiger partial charge on any atom is 0.232 e. The third-order valence-electron chi connectivity index (χ3n) is 4.28. The average molecular weight is 345 g/mol. The van der Waals surface area contributed by atoms with Gasteiger partial charge in [-0.05, 0) is 30.0 Å². The van der Waals surface area contributed by atoms with Crippen LogP contribution in [0, 0.1) is 5.92 Å². The van der Waals surface area contributed by atoms with Gasteiger partial charge in [-0.2, -0.15) is 0 Å². The van der Waals surface area contributed by atoms with E-state index in [1.54, 1.807) is 11.3 Å². The van der Waals surface area contributed by atoms with Crippen LogP contribution >= 0.6 is 11.3 Å². The number of carbonyl (C=O) groups is 1. The van der Waals surface area contributed by atoms with Crippen LogP contribution in [0.3, 0.4) is 0 Å². The Morgan fingerprint density at radius 3 is 2.79 bits per heavy atom. The Hall–Kier alpha value is -2.05. The fraction of sp³-hybridized carbons (Fsp3) is 0.389. The van der Waals surface area contributed by atoms with Gasteiger partial charge in [0.05, 0.1) is 19.1 Å². The first kappa shape index (κ1) is 15.5. The highest BCUT2D eigenvalue weighted by molar-refractivity contribution is 7.09. The average Bonchev–Trinajstić information content (AvgIpc) is 3.32. The van der Waals surface area contributed by atoms with Gasteiger partial charge in [0.2, 0.25) is 5.91 Å². The molecule has 1 amide bonds. The number of hydrogen-bond donors (Lipinski definition) is 0. The predicted molar refractivity (Wildman–Crippen MR) is 91.9 cm³/mol. The summed E-state index contributed by atoms with van der Waals surface area (Å²) in [5.74, 6) is 1.47. The molecule has 24 heavy (non-hydrogen) atoms. The van der Waals surface area contributed by atoms with Gasteiger partial charge in [-0.1, -0.05) is 6.07 Å². The van der Waals surface area contributed by atoms with Crippen molar-refractivity contribution in [2.24, 2.45) is 5.92 Å². The number of rotatable bonds is 4. The van der Waals surface area contributed by atoms with Crippen LogP contribution < -0.4 is 14.4 Å². The predicted octanol–water partition coefficient (Wildman–Crippen LogP) is 3.09. The zero-order valence-corrected chi connectivity index (χ0v) is 14.1. The summed E-state index contributed by atoms with van der Waals surface area (Å²) in [5.41, 5.74) is 0.838. The van der Waals surface area contributed by atoms with Gasteiger partial charge >= 0.3 is 0 Å². The van der Waals surface area contributed by atoms with Crippen molar-refractivity contribution in [3.63, 3.8) is 0 Å². The van der Waals surface area contributed by atoms with E-state index in [1.165, 1.54) is 0 Å². The van der Waals surface area contributed by atoms with E-state index in [9.17, 15) is 4.79 Å². The van der Waals surface area contributed by atoms with Gasteiger partial charge in [-0.25, -0.2) is 0 Å². The molecule has 1 fully saturated rings. The summed E-state index contributed by atoms with van der Waals surface area (Å²) < 4.78 is 16.6. The largest absolute Gasteiger partial charge is 0.486 e. The summed E-state index contributed by atoms with van der Waals surface area (Å²) in [6, 6.07) is 9.76. The molecule has 1 saturated heterocycles. The molecule has 0 N–H and O–H groups in total. The number of thiophene rings is 1. The van der Waals surface area contributed by atoms with Gasteiger partial charge in [0.1, 0.15) is 13.2 Å². The molecule has 0 spiro atoms. The Bertz CT molecular complexity index is 710. The Kier molecular flexibility index (Phi) is 4.40. The van der Waals surface area contributed by atoms with E-state index < -0.39 is 0 Å². The first-order chi connectivity index (χ1) is 11.8. The lowest BCUT2D eigenvalue weighted by atomic mass is 10.1. The molecule has 2 aliphatic heterocycles. The third-order valence-corrected chi connectivity index (χ3v) is 5.14. The zero-order chi connectivity index (χ0) is 16.4. The molecule has 2 aliphatic rings. The van der Waals surface area contributed by atoms with Crippen LogP contribution in [0.5, 0.6) is 11.5 Å². The van der Waals surface area contributed by atoms with Crippen molar-refractivity contribution in [3.8, 4) is 11.5 Å². The number of fused-ring (bicyclic) bond motifs is 1. The van der Waals surface area contributed by atoms with Gasteiger partial charge in [0, 0.05) is 23.2 Å². The van der Waals surface area contributed by atoms with E-state index in [0.717, 1.165) is 22.7 Å². The lowest BCUT2D eigenvalue weighted by Gasteiger charge is -2.27. The van der Waals surface area contributed by atoms with Crippen molar-refractivity contribution in [3.05, 3.63) is 40.6 Å². The zero-order valence-electron chi connectivity index (χ0n) is 13.3. The van der Waals surface area contributed by atoms with Crippen molar-refractivity contribution in [1.29, 1.82) is 0 Å². The number of benzene rings is 1. The fourth-order valence-corrected chi connectivity index (χ4v) is 3.70. The Labute approximate surface area is 144 Å². The van der Waals surface area contributed by atoms with Gasteiger partial charge < -0.3 is 19.1 Å². The summed E-state index contributed by atoms with van der Waals surface area (Å²) in [4.78, 5) is 16.0. The van der Waals surface area contributed by atoms with Crippen LogP contribution in [0.25, 0.3) is 0 Å². The van der Waals surface area contributed by atoms with Crippen LogP contribution in [0.15, 0.2) is 35.7 Å². The minimum atomic E-state index is -0.0711. The van der Waals surface area contributed by atoms with Crippen molar-refractivity contribution in [2.45, 2.75) is 13.0 Å². The van der Waals surface area contributed by atoms with Crippen LogP contribution in [0.2, 0.25) is 0 Å². The molecule has 3 heterocycles. The summed E-state index contributed by atoms with van der Waals surface area (Å²) in [7, 11) is 0. The van der Waals surface area contributed by atoms with Crippen LogP contribution in [0.1, 0.15) is 11.3 Å². The minimum Gasteiger partial charge on any atom is -0.486 e. The third kappa shape index (κ3) is 3.12. The maximum atomic E-state index is 13.0. The van der Waals surface area contributed by atoms with Crippen molar-refractivity contribution >= 4 is 22.9 Å². The fourth-order valence-electron chi connectivity index (χ4n) is 3.00. The molecule has 1 aromatic heterocycles. The molecule has 0 saturated carbocycles. The van der Waals surface area contributed by atoms with Crippen LogP contribution in [-0.2, 0) is 16.1 Å². The molecule has 1 unspecified atom stereocenters. The topological polar surface area (TPSA) is 48.0 Å². The standard InChI is InChI=1S/C18H19NO4S/c20-18(13-5-6-21-12-13)19(11-15-2-1-9-24-15)14-3-4-16-17(10-14)23-8-7-22-16/h1-4,9-10,13H,5-8,11-12H2. The highest BCUT2D eigenvalue weighted by atomic mass is 32.1. The Morgan fingerprint density at radius 2 is 2.04 bits per heavy atom. The summed E-state index contributed by atoms with van der Waals surface area (Å²) in [5, 5.41) is 2.03. The molecular weight excluding hydrogens is 326 g/mol. The van der Waals surface area contributed by atoms with Crippen LogP contribution in [-0.4, -0.2) is 32.3 Å². The lowest BCUT2D eigenvalue weighted by molar-refractivity contribution is -0.122. The first-order valence-electron chi connectivity index (χ1n) is 8.12. The summed E-state index contributed by atoms with van der Waals surface area (Å²) >= 11 is 1.65. The number of hydrogen-bond acceptors (Lipinski definition) is 5. The first-order valence-corrected chi connectivity index (χ1v) is 9.00. The molecule has 0 aliphatic carbocycles. The van der Waals surface area contributed by atoms with E-state index in [2.05, 4.69) is 0 Å². The van der Waals surface area contributed by atoms with E-state index in [-0.39, 0.29) is 11.8 Å². The van der Waals surface area contributed by atoms with Crippen LogP contribution in [0.4, 0.5) is 5.69 Å². The van der Waals surface area contributed by atoms with Gasteiger partial charge in [0.25, 0.3) is 0 Å². The number of amides is 1. The highest BCUT2D eigenvalue weighted by Crippen LogP contribution is 2.35. The number of nitrogens with zero attached hydrogens (tertiary/aromatic N) is 1. The summed E-state index contributed by atoms with van der Waals surface area (Å²) in [6.07, 6.45) is 0.782. The SMILES string of the molecule is O=C(C1CCOC1)N(Cc1cccs1)c1ccc2c(c1)OCCO2.